The lowest BCUT2D eigenvalue weighted by molar-refractivity contribution is 0.0696. The summed E-state index contributed by atoms with van der Waals surface area (Å²) in [7, 11) is 0. The summed E-state index contributed by atoms with van der Waals surface area (Å²) in [4.78, 5) is 24.0. The lowest BCUT2D eigenvalue weighted by atomic mass is 10.1. The number of aryl methyl sites for hydroxylation is 1. The quantitative estimate of drug-likeness (QED) is 0.749. The maximum atomic E-state index is 12.5. The second kappa shape index (κ2) is 6.76. The average Bonchev–Trinajstić information content (AvgIpc) is 2.64. The summed E-state index contributed by atoms with van der Waals surface area (Å²) in [6, 6.07) is 13.7. The highest BCUT2D eigenvalue weighted by molar-refractivity contribution is 6.30. The van der Waals surface area contributed by atoms with E-state index >= 15 is 0 Å². The van der Waals surface area contributed by atoms with E-state index in [1.165, 1.54) is 4.68 Å². The first-order chi connectivity index (χ1) is 11.0. The van der Waals surface area contributed by atoms with Gasteiger partial charge in [-0.25, -0.2) is 9.47 Å². The summed E-state index contributed by atoms with van der Waals surface area (Å²) >= 11 is 5.94. The van der Waals surface area contributed by atoms with Crippen LogP contribution in [-0.4, -0.2) is 15.8 Å². The number of rotatable bonds is 3. The van der Waals surface area contributed by atoms with Crippen LogP contribution in [0, 0.1) is 6.92 Å². The molecule has 0 spiro atoms. The number of aromatic nitrogens is 1. The van der Waals surface area contributed by atoms with Crippen molar-refractivity contribution >= 4 is 23.3 Å². The van der Waals surface area contributed by atoms with E-state index in [9.17, 15) is 14.7 Å². The van der Waals surface area contributed by atoms with Crippen molar-refractivity contribution in [1.82, 2.24) is 4.68 Å². The molecule has 0 unspecified atom stereocenters. The van der Waals surface area contributed by atoms with E-state index in [1.54, 1.807) is 48.5 Å². The van der Waals surface area contributed by atoms with Crippen molar-refractivity contribution in [2.45, 2.75) is 14.4 Å². The van der Waals surface area contributed by atoms with E-state index < -0.39 is 11.5 Å². The van der Waals surface area contributed by atoms with Crippen molar-refractivity contribution in [3.8, 4) is 11.3 Å². The SMILES string of the molecule is C.Cc1cc(Cl)ccc1Nn1c2cccccc-2c(C(=O)O)c1=O. The number of nitrogens with zero attached hydrogens (tertiary/aromatic N) is 1. The van der Waals surface area contributed by atoms with Gasteiger partial charge in [0.1, 0.15) is 5.56 Å². The zero-order valence-electron chi connectivity index (χ0n) is 12.2. The molecule has 2 N–H and O–H groups in total. The van der Waals surface area contributed by atoms with Crippen LogP contribution >= 0.6 is 11.6 Å². The third-order valence-corrected chi connectivity index (χ3v) is 3.81. The molecule has 3 rings (SSSR count). The number of fused-ring (bicyclic) bond motifs is 1. The van der Waals surface area contributed by atoms with Gasteiger partial charge in [0.15, 0.2) is 0 Å². The van der Waals surface area contributed by atoms with E-state index in [0.29, 0.717) is 22.0 Å². The molecule has 0 saturated heterocycles. The molecule has 1 aromatic carbocycles. The highest BCUT2D eigenvalue weighted by Crippen LogP contribution is 2.25. The van der Waals surface area contributed by atoms with Crippen LogP contribution in [0.4, 0.5) is 5.69 Å². The molecule has 0 bridgehead atoms. The third-order valence-electron chi connectivity index (χ3n) is 3.58. The first kappa shape index (κ1) is 17.6. The summed E-state index contributed by atoms with van der Waals surface area (Å²) in [5.41, 5.74) is 4.51. The fourth-order valence-corrected chi connectivity index (χ4v) is 2.70. The second-order valence-electron chi connectivity index (χ2n) is 5.10. The first-order valence-corrected chi connectivity index (χ1v) is 7.27. The van der Waals surface area contributed by atoms with Crippen LogP contribution in [0.1, 0.15) is 23.3 Å². The minimum Gasteiger partial charge on any atom is -0.477 e. The number of hydrogen-bond donors (Lipinski definition) is 2. The number of aromatic carboxylic acids is 1. The number of anilines is 1. The Morgan fingerprint density at radius 1 is 1.17 bits per heavy atom. The summed E-state index contributed by atoms with van der Waals surface area (Å²) in [5.74, 6) is -1.25. The average molecular weight is 345 g/mol. The molecule has 1 heterocycles. The zero-order valence-corrected chi connectivity index (χ0v) is 13.0. The van der Waals surface area contributed by atoms with Crippen LogP contribution in [0.25, 0.3) is 11.3 Å². The van der Waals surface area contributed by atoms with Crippen LogP contribution in [0.2, 0.25) is 5.02 Å². The Bertz CT molecular complexity index is 934. The topological polar surface area (TPSA) is 71.3 Å². The monoisotopic (exact) mass is 344 g/mol. The van der Waals surface area contributed by atoms with Crippen LogP contribution in [0.15, 0.2) is 53.3 Å². The molecule has 1 aliphatic carbocycles. The molecule has 1 aliphatic heterocycles. The standard InChI is InChI=1S/C17H13ClN2O3.CH4/c1-10-9-11(18)7-8-13(10)19-20-14-6-4-2-3-5-12(14)15(16(20)21)17(22)23;/h2-9,19H,1H3,(H,22,23);1H4. The Hall–Kier alpha value is -2.79. The van der Waals surface area contributed by atoms with Gasteiger partial charge in [-0.2, -0.15) is 0 Å². The van der Waals surface area contributed by atoms with Crippen LogP contribution < -0.4 is 11.0 Å². The number of halogens is 1. The van der Waals surface area contributed by atoms with Gasteiger partial charge in [0, 0.05) is 10.6 Å². The molecule has 5 nitrogen and oxygen atoms in total. The van der Waals surface area contributed by atoms with Gasteiger partial charge >= 0.3 is 5.97 Å². The number of nitrogens with one attached hydrogen (secondary N) is 1. The molecule has 0 amide bonds. The van der Waals surface area contributed by atoms with E-state index in [0.717, 1.165) is 5.56 Å². The van der Waals surface area contributed by atoms with Gasteiger partial charge in [-0.3, -0.25) is 10.2 Å². The molecule has 1 aromatic rings. The number of carbonyl (C=O) groups is 1. The summed E-state index contributed by atoms with van der Waals surface area (Å²) in [6.45, 7) is 1.85. The van der Waals surface area contributed by atoms with Gasteiger partial charge in [0.2, 0.25) is 0 Å². The molecule has 124 valence electrons. The molecule has 24 heavy (non-hydrogen) atoms. The molecule has 0 atom stereocenters. The number of carboxylic acid groups (broad SMARTS) is 1. The van der Waals surface area contributed by atoms with Gasteiger partial charge in [-0.15, -0.1) is 0 Å². The van der Waals surface area contributed by atoms with Gasteiger partial charge < -0.3 is 5.11 Å². The minimum absolute atomic E-state index is 0. The molecule has 2 aliphatic rings. The number of hydrogen-bond acceptors (Lipinski definition) is 3. The van der Waals surface area contributed by atoms with E-state index in [4.69, 9.17) is 11.6 Å². The maximum absolute atomic E-state index is 12.5. The normalized spacial score (nSPS) is 10.2. The highest BCUT2D eigenvalue weighted by atomic mass is 35.5. The van der Waals surface area contributed by atoms with Crippen molar-refractivity contribution in [1.29, 1.82) is 0 Å². The fraction of sp³-hybridized carbons (Fsp3) is 0.111. The third kappa shape index (κ3) is 2.98. The van der Waals surface area contributed by atoms with Crippen LogP contribution in [-0.2, 0) is 0 Å². The Labute approximate surface area is 144 Å². The molecular weight excluding hydrogens is 328 g/mol. The molecule has 0 aromatic heterocycles. The zero-order chi connectivity index (χ0) is 16.6. The fourth-order valence-electron chi connectivity index (χ4n) is 2.47. The molecular formula is C18H17ClN2O3. The van der Waals surface area contributed by atoms with Crippen LogP contribution in [0.5, 0.6) is 0 Å². The molecule has 6 heteroatoms. The maximum Gasteiger partial charge on any atom is 0.342 e. The predicted molar refractivity (Wildman–Crippen MR) is 96.2 cm³/mol. The van der Waals surface area contributed by atoms with Crippen molar-refractivity contribution < 1.29 is 9.90 Å². The minimum atomic E-state index is -1.25. The summed E-state index contributed by atoms with van der Waals surface area (Å²) in [6.07, 6.45) is 0. The van der Waals surface area contributed by atoms with E-state index in [2.05, 4.69) is 5.43 Å². The Morgan fingerprint density at radius 2 is 1.88 bits per heavy atom. The molecule has 0 radical (unpaired) electrons. The van der Waals surface area contributed by atoms with Gasteiger partial charge in [-0.05, 0) is 36.8 Å². The smallest absolute Gasteiger partial charge is 0.342 e. The van der Waals surface area contributed by atoms with Crippen molar-refractivity contribution in [3.05, 3.63) is 75.0 Å². The van der Waals surface area contributed by atoms with Gasteiger partial charge in [0.25, 0.3) is 5.56 Å². The van der Waals surface area contributed by atoms with Crippen LogP contribution in [0.3, 0.4) is 0 Å². The van der Waals surface area contributed by atoms with Crippen molar-refractivity contribution in [2.75, 3.05) is 5.43 Å². The Kier molecular flexibility index (Phi) is 4.95. The van der Waals surface area contributed by atoms with Crippen molar-refractivity contribution in [2.24, 2.45) is 0 Å². The van der Waals surface area contributed by atoms with E-state index in [1.807, 2.05) is 6.92 Å². The summed E-state index contributed by atoms with van der Waals surface area (Å²) < 4.78 is 1.25. The van der Waals surface area contributed by atoms with Gasteiger partial charge in [0.05, 0.1) is 11.4 Å². The second-order valence-corrected chi connectivity index (χ2v) is 5.54. The van der Waals surface area contributed by atoms with E-state index in [-0.39, 0.29) is 13.0 Å². The largest absolute Gasteiger partial charge is 0.477 e. The lowest BCUT2D eigenvalue weighted by Crippen LogP contribution is -2.26. The van der Waals surface area contributed by atoms with Crippen molar-refractivity contribution in [3.63, 3.8) is 0 Å². The highest BCUT2D eigenvalue weighted by Gasteiger charge is 2.24. The summed E-state index contributed by atoms with van der Waals surface area (Å²) in [5, 5.41) is 9.95. The number of benzene rings is 1. The Morgan fingerprint density at radius 3 is 2.54 bits per heavy atom. The molecule has 0 fully saturated rings. The first-order valence-electron chi connectivity index (χ1n) is 6.89. The predicted octanol–water partition coefficient (Wildman–Crippen LogP) is 4.12. The van der Waals surface area contributed by atoms with Gasteiger partial charge in [-0.1, -0.05) is 43.3 Å². The number of carboxylic acids is 1. The Balaban J connectivity index is 0.00000208. The molecule has 0 saturated carbocycles. The lowest BCUT2D eigenvalue weighted by Gasteiger charge is -2.12.